The molecule has 0 saturated carbocycles. The molecule has 21 heavy (non-hydrogen) atoms. The largest absolute Gasteiger partial charge is 0.496 e. The average Bonchev–Trinajstić information content (AvgIpc) is 2.41. The molecule has 0 bridgehead atoms. The first-order valence-electron chi connectivity index (χ1n) is 7.53. The number of carbonyl (C=O) groups is 1. The van der Waals surface area contributed by atoms with Gasteiger partial charge in [-0.05, 0) is 50.3 Å². The van der Waals surface area contributed by atoms with Gasteiger partial charge < -0.3 is 15.8 Å². The molecular formula is C17H28N2O2. The van der Waals surface area contributed by atoms with Crippen LogP contribution in [0.1, 0.15) is 37.8 Å². The fourth-order valence-electron chi connectivity index (χ4n) is 2.67. The van der Waals surface area contributed by atoms with Gasteiger partial charge in [0.1, 0.15) is 5.75 Å². The standard InChI is InChI=1S/C17H28N2O2/c1-11(2)8-14(10-18)9-16(20)19-15-7-6-12(3)17(21-5)13(15)4/h6-7,11,14H,8-10,18H2,1-5H3,(H,19,20). The Morgan fingerprint density at radius 3 is 2.52 bits per heavy atom. The normalized spacial score (nSPS) is 12.3. The van der Waals surface area contributed by atoms with E-state index >= 15 is 0 Å². The van der Waals surface area contributed by atoms with E-state index in [0.29, 0.717) is 18.9 Å². The Bertz CT molecular complexity index is 484. The maximum atomic E-state index is 12.2. The van der Waals surface area contributed by atoms with Gasteiger partial charge in [0, 0.05) is 17.7 Å². The number of aryl methyl sites for hydroxylation is 1. The summed E-state index contributed by atoms with van der Waals surface area (Å²) in [6, 6.07) is 3.88. The zero-order chi connectivity index (χ0) is 16.0. The summed E-state index contributed by atoms with van der Waals surface area (Å²) in [6.45, 7) is 8.79. The van der Waals surface area contributed by atoms with E-state index in [1.807, 2.05) is 26.0 Å². The highest BCUT2D eigenvalue weighted by Crippen LogP contribution is 2.29. The molecule has 0 aliphatic rings. The SMILES string of the molecule is COc1c(C)ccc(NC(=O)CC(CN)CC(C)C)c1C. The Kier molecular flexibility index (Phi) is 6.69. The second-order valence-corrected chi connectivity index (χ2v) is 6.07. The number of benzene rings is 1. The van der Waals surface area contributed by atoms with Crippen molar-refractivity contribution in [2.75, 3.05) is 19.0 Å². The summed E-state index contributed by atoms with van der Waals surface area (Å²) >= 11 is 0. The summed E-state index contributed by atoms with van der Waals surface area (Å²) in [5.74, 6) is 1.62. The van der Waals surface area contributed by atoms with Crippen molar-refractivity contribution in [2.45, 2.75) is 40.5 Å². The number of carbonyl (C=O) groups excluding carboxylic acids is 1. The topological polar surface area (TPSA) is 64.3 Å². The van der Waals surface area contributed by atoms with Gasteiger partial charge in [-0.3, -0.25) is 4.79 Å². The first kappa shape index (κ1) is 17.5. The number of anilines is 1. The van der Waals surface area contributed by atoms with Gasteiger partial charge in [-0.15, -0.1) is 0 Å². The molecule has 0 saturated heterocycles. The molecule has 4 heteroatoms. The Labute approximate surface area is 128 Å². The molecule has 0 aromatic heterocycles. The molecule has 0 aliphatic heterocycles. The minimum Gasteiger partial charge on any atom is -0.496 e. The zero-order valence-electron chi connectivity index (χ0n) is 13.8. The number of nitrogens with two attached hydrogens (primary N) is 1. The van der Waals surface area contributed by atoms with Crippen LogP contribution < -0.4 is 15.8 Å². The van der Waals surface area contributed by atoms with Gasteiger partial charge >= 0.3 is 0 Å². The minimum absolute atomic E-state index is 0.0140. The Morgan fingerprint density at radius 2 is 2.00 bits per heavy atom. The molecule has 118 valence electrons. The van der Waals surface area contributed by atoms with E-state index in [-0.39, 0.29) is 11.8 Å². The second-order valence-electron chi connectivity index (χ2n) is 6.07. The van der Waals surface area contributed by atoms with Crippen molar-refractivity contribution in [2.24, 2.45) is 17.6 Å². The lowest BCUT2D eigenvalue weighted by Crippen LogP contribution is -2.23. The molecule has 3 N–H and O–H groups in total. The van der Waals surface area contributed by atoms with E-state index < -0.39 is 0 Å². The average molecular weight is 292 g/mol. The van der Waals surface area contributed by atoms with Crippen molar-refractivity contribution in [3.05, 3.63) is 23.3 Å². The maximum Gasteiger partial charge on any atom is 0.224 e. The Balaban J connectivity index is 2.75. The summed E-state index contributed by atoms with van der Waals surface area (Å²) in [5.41, 5.74) is 8.59. The molecule has 4 nitrogen and oxygen atoms in total. The van der Waals surface area contributed by atoms with Gasteiger partial charge in [-0.25, -0.2) is 0 Å². The molecular weight excluding hydrogens is 264 g/mol. The Morgan fingerprint density at radius 1 is 1.33 bits per heavy atom. The third-order valence-electron chi connectivity index (χ3n) is 3.69. The van der Waals surface area contributed by atoms with Crippen LogP contribution in [0.4, 0.5) is 5.69 Å². The zero-order valence-corrected chi connectivity index (χ0v) is 13.8. The summed E-state index contributed by atoms with van der Waals surface area (Å²) in [4.78, 5) is 12.2. The van der Waals surface area contributed by atoms with Crippen LogP contribution >= 0.6 is 0 Å². The number of ether oxygens (including phenoxy) is 1. The number of rotatable bonds is 7. The van der Waals surface area contributed by atoms with Crippen LogP contribution in [-0.2, 0) is 4.79 Å². The Hall–Kier alpha value is -1.55. The van der Waals surface area contributed by atoms with Gasteiger partial charge in [0.05, 0.1) is 7.11 Å². The highest BCUT2D eigenvalue weighted by Gasteiger charge is 2.16. The molecule has 1 atom stereocenters. The predicted octanol–water partition coefficient (Wildman–Crippen LogP) is 3.26. The van der Waals surface area contributed by atoms with Crippen LogP contribution in [0.5, 0.6) is 5.75 Å². The maximum absolute atomic E-state index is 12.2. The molecule has 1 rings (SSSR count). The number of amides is 1. The second kappa shape index (κ2) is 8.03. The van der Waals surface area contributed by atoms with Crippen LogP contribution in [0.15, 0.2) is 12.1 Å². The highest BCUT2D eigenvalue weighted by molar-refractivity contribution is 5.92. The van der Waals surface area contributed by atoms with Crippen molar-refractivity contribution in [3.8, 4) is 5.75 Å². The summed E-state index contributed by atoms with van der Waals surface area (Å²) in [7, 11) is 1.65. The first-order valence-corrected chi connectivity index (χ1v) is 7.53. The van der Waals surface area contributed by atoms with E-state index in [1.54, 1.807) is 7.11 Å². The third-order valence-corrected chi connectivity index (χ3v) is 3.69. The van der Waals surface area contributed by atoms with Crippen molar-refractivity contribution < 1.29 is 9.53 Å². The quantitative estimate of drug-likeness (QED) is 0.810. The van der Waals surface area contributed by atoms with E-state index in [4.69, 9.17) is 10.5 Å². The molecule has 0 heterocycles. The van der Waals surface area contributed by atoms with E-state index in [0.717, 1.165) is 29.0 Å². The highest BCUT2D eigenvalue weighted by atomic mass is 16.5. The van der Waals surface area contributed by atoms with E-state index in [2.05, 4.69) is 19.2 Å². The lowest BCUT2D eigenvalue weighted by Gasteiger charge is -2.18. The van der Waals surface area contributed by atoms with Gasteiger partial charge in [0.15, 0.2) is 0 Å². The van der Waals surface area contributed by atoms with Gasteiger partial charge in [0.25, 0.3) is 0 Å². The lowest BCUT2D eigenvalue weighted by molar-refractivity contribution is -0.117. The molecule has 0 spiro atoms. The van der Waals surface area contributed by atoms with Crippen molar-refractivity contribution in [1.82, 2.24) is 0 Å². The van der Waals surface area contributed by atoms with E-state index in [1.165, 1.54) is 0 Å². The number of hydrogen-bond acceptors (Lipinski definition) is 3. The lowest BCUT2D eigenvalue weighted by atomic mass is 9.94. The molecule has 1 aromatic rings. The van der Waals surface area contributed by atoms with Crippen LogP contribution in [0.2, 0.25) is 0 Å². The predicted molar refractivity (Wildman–Crippen MR) is 87.7 cm³/mol. The summed E-state index contributed by atoms with van der Waals surface area (Å²) in [6.07, 6.45) is 1.43. The van der Waals surface area contributed by atoms with Crippen LogP contribution in [-0.4, -0.2) is 19.6 Å². The van der Waals surface area contributed by atoms with Crippen LogP contribution in [0.25, 0.3) is 0 Å². The molecule has 1 amide bonds. The van der Waals surface area contributed by atoms with Crippen LogP contribution in [0.3, 0.4) is 0 Å². The molecule has 0 radical (unpaired) electrons. The molecule has 1 aromatic carbocycles. The molecule has 1 unspecified atom stereocenters. The van der Waals surface area contributed by atoms with E-state index in [9.17, 15) is 4.79 Å². The summed E-state index contributed by atoms with van der Waals surface area (Å²) < 4.78 is 5.38. The number of methoxy groups -OCH3 is 1. The fraction of sp³-hybridized carbons (Fsp3) is 0.588. The van der Waals surface area contributed by atoms with Crippen molar-refractivity contribution >= 4 is 11.6 Å². The van der Waals surface area contributed by atoms with Gasteiger partial charge in [0.2, 0.25) is 5.91 Å². The minimum atomic E-state index is 0.0140. The smallest absolute Gasteiger partial charge is 0.224 e. The summed E-state index contributed by atoms with van der Waals surface area (Å²) in [5, 5.41) is 2.98. The molecule has 0 fully saturated rings. The van der Waals surface area contributed by atoms with Gasteiger partial charge in [-0.2, -0.15) is 0 Å². The monoisotopic (exact) mass is 292 g/mol. The van der Waals surface area contributed by atoms with Crippen LogP contribution in [0, 0.1) is 25.7 Å². The first-order chi connectivity index (χ1) is 9.88. The van der Waals surface area contributed by atoms with Crippen molar-refractivity contribution in [3.63, 3.8) is 0 Å². The number of nitrogens with one attached hydrogen (secondary N) is 1. The third kappa shape index (κ3) is 5.05. The van der Waals surface area contributed by atoms with Gasteiger partial charge in [-0.1, -0.05) is 19.9 Å². The fourth-order valence-corrected chi connectivity index (χ4v) is 2.67. The van der Waals surface area contributed by atoms with Crippen molar-refractivity contribution in [1.29, 1.82) is 0 Å². The number of hydrogen-bond donors (Lipinski definition) is 2. The molecule has 0 aliphatic carbocycles.